The second kappa shape index (κ2) is 6.22. The van der Waals surface area contributed by atoms with Crippen LogP contribution in [0.15, 0.2) is 24.3 Å². The van der Waals surface area contributed by atoms with Crippen molar-refractivity contribution < 1.29 is 19.4 Å². The number of hydrogen-bond donors (Lipinski definition) is 2. The molecular formula is C14H19NO4. The molecule has 3 N–H and O–H groups in total. The molecule has 104 valence electrons. The van der Waals surface area contributed by atoms with Gasteiger partial charge in [0.1, 0.15) is 6.61 Å². The zero-order valence-electron chi connectivity index (χ0n) is 11.2. The summed E-state index contributed by atoms with van der Waals surface area (Å²) in [5.41, 5.74) is 6.17. The van der Waals surface area contributed by atoms with Crippen molar-refractivity contribution in [1.82, 2.24) is 0 Å². The van der Waals surface area contributed by atoms with Crippen molar-refractivity contribution in [3.63, 3.8) is 0 Å². The number of anilines is 1. The third kappa shape index (κ3) is 4.99. The molecule has 0 heterocycles. The number of ether oxygens (including phenoxy) is 1. The fourth-order valence-corrected chi connectivity index (χ4v) is 1.39. The van der Waals surface area contributed by atoms with Crippen LogP contribution < -0.4 is 5.73 Å². The number of esters is 1. The Bertz CT molecular complexity index is 468. The molecule has 0 amide bonds. The molecule has 0 fully saturated rings. The minimum atomic E-state index is -1.06. The number of benzene rings is 1. The highest BCUT2D eigenvalue weighted by Gasteiger charge is 2.28. The van der Waals surface area contributed by atoms with E-state index in [0.717, 1.165) is 5.56 Å². The number of carboxylic acids is 1. The van der Waals surface area contributed by atoms with Gasteiger partial charge in [-0.25, -0.2) is 0 Å². The van der Waals surface area contributed by atoms with E-state index >= 15 is 0 Å². The minimum absolute atomic E-state index is 0.127. The minimum Gasteiger partial charge on any atom is -0.481 e. The Labute approximate surface area is 112 Å². The summed E-state index contributed by atoms with van der Waals surface area (Å²) in [4.78, 5) is 22.4. The number of rotatable bonds is 6. The number of aryl methyl sites for hydroxylation is 1. The average Bonchev–Trinajstić information content (AvgIpc) is 2.34. The van der Waals surface area contributed by atoms with Crippen molar-refractivity contribution >= 4 is 17.6 Å². The summed E-state index contributed by atoms with van der Waals surface area (Å²) in [6.45, 7) is 2.90. The number of carbonyl (C=O) groups excluding carboxylic acids is 1. The third-order valence-electron chi connectivity index (χ3n) is 2.74. The molecule has 0 atom stereocenters. The number of carbonyl (C=O) groups is 2. The van der Waals surface area contributed by atoms with Gasteiger partial charge in [-0.1, -0.05) is 12.1 Å². The van der Waals surface area contributed by atoms with Crippen molar-refractivity contribution in [3.05, 3.63) is 29.8 Å². The van der Waals surface area contributed by atoms with Gasteiger partial charge in [-0.15, -0.1) is 0 Å². The number of aliphatic carboxylic acids is 1. The van der Waals surface area contributed by atoms with Gasteiger partial charge < -0.3 is 15.6 Å². The SMILES string of the molecule is CC(C)(COC(=O)CCc1cccc(N)c1)C(=O)O. The number of hydrogen-bond acceptors (Lipinski definition) is 4. The van der Waals surface area contributed by atoms with Gasteiger partial charge in [-0.2, -0.15) is 0 Å². The lowest BCUT2D eigenvalue weighted by molar-refractivity contribution is -0.156. The van der Waals surface area contributed by atoms with Crippen molar-refractivity contribution in [2.75, 3.05) is 12.3 Å². The third-order valence-corrected chi connectivity index (χ3v) is 2.74. The van der Waals surface area contributed by atoms with Gasteiger partial charge in [-0.3, -0.25) is 9.59 Å². The highest BCUT2D eigenvalue weighted by Crippen LogP contribution is 2.16. The van der Waals surface area contributed by atoms with E-state index in [1.807, 2.05) is 12.1 Å². The molecule has 0 aliphatic heterocycles. The monoisotopic (exact) mass is 265 g/mol. The molecule has 0 saturated heterocycles. The summed E-state index contributed by atoms with van der Waals surface area (Å²) < 4.78 is 4.97. The summed E-state index contributed by atoms with van der Waals surface area (Å²) in [6, 6.07) is 7.28. The van der Waals surface area contributed by atoms with E-state index in [1.165, 1.54) is 13.8 Å². The van der Waals surface area contributed by atoms with Crippen LogP contribution in [0.2, 0.25) is 0 Å². The fourth-order valence-electron chi connectivity index (χ4n) is 1.39. The number of carboxylic acid groups (broad SMARTS) is 1. The number of nitrogen functional groups attached to an aromatic ring is 1. The largest absolute Gasteiger partial charge is 0.481 e. The maximum Gasteiger partial charge on any atom is 0.312 e. The summed E-state index contributed by atoms with van der Waals surface area (Å²) in [7, 11) is 0. The topological polar surface area (TPSA) is 89.6 Å². The molecule has 1 aromatic carbocycles. The molecule has 0 radical (unpaired) electrons. The van der Waals surface area contributed by atoms with Crippen LogP contribution in [-0.2, 0) is 20.7 Å². The first kappa shape index (κ1) is 15.0. The van der Waals surface area contributed by atoms with Gasteiger partial charge in [0, 0.05) is 12.1 Å². The van der Waals surface area contributed by atoms with E-state index in [2.05, 4.69) is 0 Å². The molecule has 1 rings (SSSR count). The van der Waals surface area contributed by atoms with Crippen LogP contribution in [0.3, 0.4) is 0 Å². The Hall–Kier alpha value is -2.04. The summed E-state index contributed by atoms with van der Waals surface area (Å²) in [6.07, 6.45) is 0.733. The van der Waals surface area contributed by atoms with Crippen LogP contribution in [0.4, 0.5) is 5.69 Å². The molecular weight excluding hydrogens is 246 g/mol. The van der Waals surface area contributed by atoms with E-state index < -0.39 is 17.4 Å². The first-order valence-electron chi connectivity index (χ1n) is 6.05. The summed E-state index contributed by atoms with van der Waals surface area (Å²) in [5, 5.41) is 8.89. The standard InChI is InChI=1S/C14H19NO4/c1-14(2,13(17)18)9-19-12(16)7-6-10-4-3-5-11(15)8-10/h3-5,8H,6-7,9,15H2,1-2H3,(H,17,18). The van der Waals surface area contributed by atoms with Gasteiger partial charge in [0.05, 0.1) is 5.41 Å². The lowest BCUT2D eigenvalue weighted by Crippen LogP contribution is -2.30. The molecule has 0 unspecified atom stereocenters. The highest BCUT2D eigenvalue weighted by molar-refractivity contribution is 5.75. The second-order valence-electron chi connectivity index (χ2n) is 5.09. The predicted octanol–water partition coefficient (Wildman–Crippen LogP) is 1.86. The molecule has 0 aromatic heterocycles. The maximum atomic E-state index is 11.5. The van der Waals surface area contributed by atoms with Crippen molar-refractivity contribution in [2.24, 2.45) is 5.41 Å². The van der Waals surface area contributed by atoms with E-state index in [9.17, 15) is 9.59 Å². The van der Waals surface area contributed by atoms with E-state index in [-0.39, 0.29) is 13.0 Å². The Balaban J connectivity index is 2.39. The first-order valence-corrected chi connectivity index (χ1v) is 6.05. The first-order chi connectivity index (χ1) is 8.81. The van der Waals surface area contributed by atoms with Gasteiger partial charge in [0.15, 0.2) is 0 Å². The van der Waals surface area contributed by atoms with Crippen molar-refractivity contribution in [2.45, 2.75) is 26.7 Å². The maximum absolute atomic E-state index is 11.5. The molecule has 0 saturated carbocycles. The predicted molar refractivity (Wildman–Crippen MR) is 71.6 cm³/mol. The van der Waals surface area contributed by atoms with Crippen LogP contribution >= 0.6 is 0 Å². The van der Waals surface area contributed by atoms with E-state index in [1.54, 1.807) is 12.1 Å². The van der Waals surface area contributed by atoms with Crippen LogP contribution in [0.5, 0.6) is 0 Å². The molecule has 0 aliphatic carbocycles. The normalized spacial score (nSPS) is 11.1. The molecule has 1 aromatic rings. The fraction of sp³-hybridized carbons (Fsp3) is 0.429. The Morgan fingerprint density at radius 2 is 2.05 bits per heavy atom. The Morgan fingerprint density at radius 1 is 1.37 bits per heavy atom. The Morgan fingerprint density at radius 3 is 2.63 bits per heavy atom. The smallest absolute Gasteiger partial charge is 0.312 e. The summed E-state index contributed by atoms with van der Waals surface area (Å²) >= 11 is 0. The van der Waals surface area contributed by atoms with Crippen molar-refractivity contribution in [1.29, 1.82) is 0 Å². The molecule has 0 aliphatic rings. The zero-order valence-corrected chi connectivity index (χ0v) is 11.2. The van der Waals surface area contributed by atoms with Gasteiger partial charge in [0.25, 0.3) is 0 Å². The van der Waals surface area contributed by atoms with Gasteiger partial charge >= 0.3 is 11.9 Å². The van der Waals surface area contributed by atoms with Crippen LogP contribution in [0.1, 0.15) is 25.8 Å². The molecule has 5 heteroatoms. The lowest BCUT2D eigenvalue weighted by Gasteiger charge is -2.18. The molecule has 0 bridgehead atoms. The molecule has 5 nitrogen and oxygen atoms in total. The zero-order chi connectivity index (χ0) is 14.5. The molecule has 19 heavy (non-hydrogen) atoms. The van der Waals surface area contributed by atoms with Crippen molar-refractivity contribution in [3.8, 4) is 0 Å². The summed E-state index contributed by atoms with van der Waals surface area (Å²) in [5.74, 6) is -1.40. The quantitative estimate of drug-likeness (QED) is 0.605. The van der Waals surface area contributed by atoms with Gasteiger partial charge in [-0.05, 0) is 38.0 Å². The lowest BCUT2D eigenvalue weighted by atomic mass is 9.95. The van der Waals surface area contributed by atoms with Crippen LogP contribution in [0.25, 0.3) is 0 Å². The van der Waals surface area contributed by atoms with E-state index in [4.69, 9.17) is 15.6 Å². The highest BCUT2D eigenvalue weighted by atomic mass is 16.5. The number of nitrogens with two attached hydrogens (primary N) is 1. The van der Waals surface area contributed by atoms with Crippen LogP contribution in [-0.4, -0.2) is 23.7 Å². The van der Waals surface area contributed by atoms with Crippen LogP contribution in [0, 0.1) is 5.41 Å². The van der Waals surface area contributed by atoms with E-state index in [0.29, 0.717) is 12.1 Å². The van der Waals surface area contributed by atoms with Gasteiger partial charge in [0.2, 0.25) is 0 Å². The molecule has 0 spiro atoms. The second-order valence-corrected chi connectivity index (χ2v) is 5.09. The Kier molecular flexibility index (Phi) is 4.92. The average molecular weight is 265 g/mol.